The molecular formula is C14H16ClNO3S. The molecule has 1 aromatic carbocycles. The van der Waals surface area contributed by atoms with Gasteiger partial charge in [0.05, 0.1) is 12.7 Å². The number of hydrogen-bond acceptors (Lipinski definition) is 5. The number of methoxy groups -OCH3 is 1. The number of esters is 1. The summed E-state index contributed by atoms with van der Waals surface area (Å²) < 4.78 is 4.65. The van der Waals surface area contributed by atoms with Gasteiger partial charge in [0.1, 0.15) is 0 Å². The molecule has 0 aliphatic carbocycles. The van der Waals surface area contributed by atoms with Crippen molar-refractivity contribution >= 4 is 46.2 Å². The van der Waals surface area contributed by atoms with Crippen LogP contribution in [-0.4, -0.2) is 23.9 Å². The van der Waals surface area contributed by atoms with Crippen LogP contribution < -0.4 is 5.73 Å². The first-order valence-corrected chi connectivity index (χ1v) is 7.29. The van der Waals surface area contributed by atoms with E-state index in [0.29, 0.717) is 16.3 Å². The van der Waals surface area contributed by atoms with Gasteiger partial charge in [-0.3, -0.25) is 4.79 Å². The molecule has 2 N–H and O–H groups in total. The van der Waals surface area contributed by atoms with Crippen molar-refractivity contribution in [3.63, 3.8) is 0 Å². The van der Waals surface area contributed by atoms with Gasteiger partial charge >= 0.3 is 5.97 Å². The van der Waals surface area contributed by atoms with E-state index < -0.39 is 5.97 Å². The van der Waals surface area contributed by atoms with E-state index in [1.165, 1.54) is 31.9 Å². The molecule has 0 spiro atoms. The predicted molar refractivity (Wildman–Crippen MR) is 84.0 cm³/mol. The van der Waals surface area contributed by atoms with Gasteiger partial charge in [-0.15, -0.1) is 0 Å². The lowest BCUT2D eigenvalue weighted by Gasteiger charge is -2.07. The van der Waals surface area contributed by atoms with E-state index in [4.69, 9.17) is 17.3 Å². The average molecular weight is 314 g/mol. The summed E-state index contributed by atoms with van der Waals surface area (Å²) in [7, 11) is 1.30. The predicted octanol–water partition coefficient (Wildman–Crippen LogP) is 3.39. The molecule has 0 atom stereocenters. The first kappa shape index (κ1) is 16.6. The second kappa shape index (κ2) is 7.97. The number of carbonyl (C=O) groups excluding carboxylic acids is 2. The number of nitrogens with two attached hydrogens (primary N) is 1. The molecule has 0 fully saturated rings. The van der Waals surface area contributed by atoms with E-state index in [1.54, 1.807) is 12.1 Å². The minimum absolute atomic E-state index is 0.0943. The summed E-state index contributed by atoms with van der Waals surface area (Å²) in [5.41, 5.74) is 6.99. The molecule has 108 valence electrons. The Morgan fingerprint density at radius 3 is 2.75 bits per heavy atom. The van der Waals surface area contributed by atoms with Crippen LogP contribution in [0.25, 0.3) is 6.08 Å². The van der Waals surface area contributed by atoms with Gasteiger partial charge in [0, 0.05) is 23.4 Å². The number of allylic oxidation sites excluding steroid dienone is 1. The highest BCUT2D eigenvalue weighted by atomic mass is 35.5. The topological polar surface area (TPSA) is 69.4 Å². The van der Waals surface area contributed by atoms with Crippen molar-refractivity contribution in [2.45, 2.75) is 13.3 Å². The molecule has 6 heteroatoms. The normalized spacial score (nSPS) is 10.8. The maximum atomic E-state index is 11.5. The highest BCUT2D eigenvalue weighted by Crippen LogP contribution is 2.25. The number of carbonyl (C=O) groups is 2. The Kier molecular flexibility index (Phi) is 6.61. The van der Waals surface area contributed by atoms with Gasteiger partial charge in [-0.1, -0.05) is 35.5 Å². The average Bonchev–Trinajstić information content (AvgIpc) is 2.39. The maximum Gasteiger partial charge on any atom is 0.339 e. The molecule has 0 amide bonds. The molecule has 20 heavy (non-hydrogen) atoms. The molecule has 0 aliphatic heterocycles. The first-order valence-electron chi connectivity index (χ1n) is 5.93. The third kappa shape index (κ3) is 4.90. The zero-order valence-corrected chi connectivity index (χ0v) is 12.9. The second-order valence-electron chi connectivity index (χ2n) is 3.98. The smallest absolute Gasteiger partial charge is 0.339 e. The maximum absolute atomic E-state index is 11.5. The second-order valence-corrected chi connectivity index (χ2v) is 5.66. The Morgan fingerprint density at radius 1 is 1.45 bits per heavy atom. The van der Waals surface area contributed by atoms with E-state index in [2.05, 4.69) is 4.74 Å². The quantitative estimate of drug-likeness (QED) is 0.512. The molecule has 1 rings (SSSR count). The van der Waals surface area contributed by atoms with Crippen molar-refractivity contribution < 1.29 is 14.3 Å². The number of rotatable bonds is 5. The van der Waals surface area contributed by atoms with Crippen molar-refractivity contribution in [2.24, 2.45) is 0 Å². The first-order chi connectivity index (χ1) is 9.45. The number of ether oxygens (including phenoxy) is 1. The molecule has 1 aromatic rings. The van der Waals surface area contributed by atoms with E-state index in [-0.39, 0.29) is 16.4 Å². The molecule has 0 aromatic heterocycles. The van der Waals surface area contributed by atoms with Gasteiger partial charge in [-0.05, 0) is 24.1 Å². The SMILES string of the molecule is COC(=O)c1cc(C=CCCSC(C)=O)c(Cl)cc1N. The van der Waals surface area contributed by atoms with Crippen LogP contribution in [0.5, 0.6) is 0 Å². The molecule has 0 radical (unpaired) electrons. The minimum atomic E-state index is -0.499. The monoisotopic (exact) mass is 313 g/mol. The van der Waals surface area contributed by atoms with Crippen LogP contribution in [-0.2, 0) is 9.53 Å². The lowest BCUT2D eigenvalue weighted by Crippen LogP contribution is -2.06. The van der Waals surface area contributed by atoms with Crippen molar-refractivity contribution in [1.29, 1.82) is 0 Å². The third-order valence-electron chi connectivity index (χ3n) is 2.46. The van der Waals surface area contributed by atoms with E-state index in [9.17, 15) is 9.59 Å². The third-order valence-corrected chi connectivity index (χ3v) is 3.64. The highest BCUT2D eigenvalue weighted by Gasteiger charge is 2.12. The van der Waals surface area contributed by atoms with Crippen molar-refractivity contribution in [3.05, 3.63) is 34.4 Å². The fraction of sp³-hybridized carbons (Fsp3) is 0.286. The Hall–Kier alpha value is -1.46. The fourth-order valence-corrected chi connectivity index (χ4v) is 2.28. The summed E-state index contributed by atoms with van der Waals surface area (Å²) in [6, 6.07) is 3.12. The van der Waals surface area contributed by atoms with Gasteiger partial charge in [0.25, 0.3) is 0 Å². The number of hydrogen-bond donors (Lipinski definition) is 1. The van der Waals surface area contributed by atoms with E-state index in [1.807, 2.05) is 6.08 Å². The van der Waals surface area contributed by atoms with Gasteiger partial charge in [0.2, 0.25) is 0 Å². The Labute approximate surface area is 127 Å². The van der Waals surface area contributed by atoms with Crippen molar-refractivity contribution in [2.75, 3.05) is 18.6 Å². The standard InChI is InChI=1S/C14H16ClNO3S/c1-9(17)20-6-4-3-5-10-7-11(14(18)19-2)13(16)8-12(10)15/h3,5,7-8H,4,6,16H2,1-2H3. The number of halogens is 1. The zero-order chi connectivity index (χ0) is 15.1. The summed E-state index contributed by atoms with van der Waals surface area (Å²) in [6.45, 7) is 1.54. The van der Waals surface area contributed by atoms with Gasteiger partial charge in [-0.25, -0.2) is 4.79 Å². The van der Waals surface area contributed by atoms with Crippen LogP contribution in [0, 0.1) is 0 Å². The highest BCUT2D eigenvalue weighted by molar-refractivity contribution is 8.13. The van der Waals surface area contributed by atoms with Crippen LogP contribution in [0.2, 0.25) is 5.02 Å². The van der Waals surface area contributed by atoms with Gasteiger partial charge in [-0.2, -0.15) is 0 Å². The van der Waals surface area contributed by atoms with E-state index >= 15 is 0 Å². The van der Waals surface area contributed by atoms with Crippen LogP contribution in [0.15, 0.2) is 18.2 Å². The number of benzene rings is 1. The zero-order valence-electron chi connectivity index (χ0n) is 11.3. The number of anilines is 1. The molecule has 0 unspecified atom stereocenters. The number of thioether (sulfide) groups is 1. The largest absolute Gasteiger partial charge is 0.465 e. The van der Waals surface area contributed by atoms with Crippen LogP contribution in [0.3, 0.4) is 0 Å². The molecule has 0 bridgehead atoms. The Bertz CT molecular complexity index is 543. The van der Waals surface area contributed by atoms with Crippen LogP contribution in [0.4, 0.5) is 5.69 Å². The molecular weight excluding hydrogens is 298 g/mol. The van der Waals surface area contributed by atoms with Gasteiger partial charge in [0.15, 0.2) is 5.12 Å². The molecule has 0 heterocycles. The van der Waals surface area contributed by atoms with Crippen LogP contribution >= 0.6 is 23.4 Å². The molecule has 4 nitrogen and oxygen atoms in total. The summed E-state index contributed by atoms with van der Waals surface area (Å²) in [6.07, 6.45) is 4.43. The molecule has 0 saturated carbocycles. The molecule has 0 saturated heterocycles. The Balaban J connectivity index is 2.81. The van der Waals surface area contributed by atoms with Crippen molar-refractivity contribution in [3.8, 4) is 0 Å². The van der Waals surface area contributed by atoms with E-state index in [0.717, 1.165) is 6.42 Å². The molecule has 0 aliphatic rings. The van der Waals surface area contributed by atoms with Crippen LogP contribution in [0.1, 0.15) is 29.3 Å². The summed E-state index contributed by atoms with van der Waals surface area (Å²) in [5, 5.41) is 0.558. The Morgan fingerprint density at radius 2 is 2.15 bits per heavy atom. The lowest BCUT2D eigenvalue weighted by molar-refractivity contribution is -0.109. The summed E-state index contributed by atoms with van der Waals surface area (Å²) in [5.74, 6) is 0.211. The summed E-state index contributed by atoms with van der Waals surface area (Å²) in [4.78, 5) is 22.3. The minimum Gasteiger partial charge on any atom is -0.465 e. The lowest BCUT2D eigenvalue weighted by atomic mass is 10.1. The number of nitrogen functional groups attached to an aromatic ring is 1. The fourth-order valence-electron chi connectivity index (χ4n) is 1.50. The van der Waals surface area contributed by atoms with Crippen molar-refractivity contribution in [1.82, 2.24) is 0 Å². The van der Waals surface area contributed by atoms with Gasteiger partial charge < -0.3 is 10.5 Å². The summed E-state index contributed by atoms with van der Waals surface area (Å²) >= 11 is 7.34.